The Morgan fingerprint density at radius 1 is 0.855 bits per heavy atom. The molecule has 2 aromatic carbocycles. The smallest absolute Gasteiger partial charge is 0.255 e. The van der Waals surface area contributed by atoms with Crippen molar-refractivity contribution in [3.63, 3.8) is 0 Å². The van der Waals surface area contributed by atoms with Crippen LogP contribution in [0.4, 0.5) is 10.3 Å². The molecule has 1 atom stereocenters. The van der Waals surface area contributed by atoms with Gasteiger partial charge in [0.1, 0.15) is 5.69 Å². The molecule has 62 heavy (non-hydrogen) atoms. The van der Waals surface area contributed by atoms with Gasteiger partial charge in [-0.15, -0.1) is 0 Å². The van der Waals surface area contributed by atoms with E-state index in [-0.39, 0.29) is 41.1 Å². The van der Waals surface area contributed by atoms with E-state index in [4.69, 9.17) is 5.10 Å². The zero-order valence-electron chi connectivity index (χ0n) is 35.3. The summed E-state index contributed by atoms with van der Waals surface area (Å²) in [5.41, 5.74) is 4.28. The Morgan fingerprint density at radius 3 is 2.40 bits per heavy atom. The standard InChI is InChI=1S/C47H55FN10O4/c1-55-40-26-32(8-13-37(40)45(54-55)38-14-15-41(59)52-46(38)62)31-18-23-56(24-19-31)28-30-16-21-57(22-17-30)29-42(60)50-34-9-11-35(12-10-34)51-47-49-27-39(48)44(53-47)33-5-4-6-36(25-33)58-20-3-2-7-43(58)61/h2-8,13,20,25-27,30-31,34-35,38H,9-12,14-19,21-24,28-29H2,1H3,(H,50,60)(H,49,51,53)(H,52,59,62). The van der Waals surface area contributed by atoms with Gasteiger partial charge in [0.15, 0.2) is 5.82 Å². The van der Waals surface area contributed by atoms with E-state index < -0.39 is 11.7 Å². The SMILES string of the molecule is Cn1nc(C2CCC(=O)NC2=O)c2ccc(C3CCN(CC4CCN(CC(=O)NC5CCC(Nc6ncc(F)c(-c7cccc(-n8ccccc8=O)c7)n6)CC5)CC4)CC3)cc21. The van der Waals surface area contributed by atoms with E-state index in [1.54, 1.807) is 42.6 Å². The van der Waals surface area contributed by atoms with Gasteiger partial charge >= 0.3 is 0 Å². The Morgan fingerprint density at radius 2 is 1.63 bits per heavy atom. The number of halogens is 1. The normalized spacial score (nSPS) is 22.1. The monoisotopic (exact) mass is 842 g/mol. The summed E-state index contributed by atoms with van der Waals surface area (Å²) in [4.78, 5) is 63.4. The van der Waals surface area contributed by atoms with Gasteiger partial charge in [-0.1, -0.05) is 30.3 Å². The van der Waals surface area contributed by atoms with E-state index in [2.05, 4.69) is 53.9 Å². The van der Waals surface area contributed by atoms with Crippen molar-refractivity contribution in [2.24, 2.45) is 13.0 Å². The molecule has 14 nitrogen and oxygen atoms in total. The largest absolute Gasteiger partial charge is 0.352 e. The molecule has 1 aliphatic carbocycles. The fraction of sp³-hybridized carbons (Fsp3) is 0.468. The number of hydrogen-bond donors (Lipinski definition) is 3. The minimum Gasteiger partial charge on any atom is -0.352 e. The lowest BCUT2D eigenvalue weighted by Crippen LogP contribution is -2.47. The topological polar surface area (TPSA) is 159 Å². The number of imide groups is 1. The van der Waals surface area contributed by atoms with E-state index in [1.807, 2.05) is 11.7 Å². The Bertz CT molecular complexity index is 2500. The van der Waals surface area contributed by atoms with Gasteiger partial charge < -0.3 is 15.5 Å². The summed E-state index contributed by atoms with van der Waals surface area (Å²) in [5, 5.41) is 14.9. The molecule has 3 N–H and O–H groups in total. The summed E-state index contributed by atoms with van der Waals surface area (Å²) in [6, 6.07) is 18.8. The lowest BCUT2D eigenvalue weighted by atomic mass is 9.87. The Hall–Kier alpha value is -5.80. The van der Waals surface area contributed by atoms with Gasteiger partial charge in [0.05, 0.1) is 29.9 Å². The number of anilines is 1. The zero-order chi connectivity index (χ0) is 42.7. The van der Waals surface area contributed by atoms with Gasteiger partial charge in [-0.3, -0.25) is 38.6 Å². The van der Waals surface area contributed by atoms with Crippen LogP contribution in [0.5, 0.6) is 0 Å². The molecule has 9 rings (SSSR count). The van der Waals surface area contributed by atoms with E-state index >= 15 is 0 Å². The highest BCUT2D eigenvalue weighted by atomic mass is 19.1. The second-order valence-corrected chi connectivity index (χ2v) is 17.7. The molecule has 4 aliphatic rings. The molecule has 5 aromatic rings. The molecule has 0 spiro atoms. The molecule has 1 saturated carbocycles. The van der Waals surface area contributed by atoms with Crippen LogP contribution in [0.2, 0.25) is 0 Å². The number of nitrogens with zero attached hydrogens (tertiary/aromatic N) is 7. The van der Waals surface area contributed by atoms with Crippen LogP contribution in [0.25, 0.3) is 27.8 Å². The van der Waals surface area contributed by atoms with Crippen LogP contribution < -0.4 is 21.5 Å². The number of aryl methyl sites for hydroxylation is 1. The number of likely N-dealkylation sites (tertiary alicyclic amines) is 2. The fourth-order valence-corrected chi connectivity index (χ4v) is 10.0. The summed E-state index contributed by atoms with van der Waals surface area (Å²) in [6.45, 7) is 5.55. The van der Waals surface area contributed by atoms with Crippen molar-refractivity contribution < 1.29 is 18.8 Å². The number of carbonyl (C=O) groups is 3. The second kappa shape index (κ2) is 18.3. The van der Waals surface area contributed by atoms with Crippen LogP contribution in [-0.4, -0.2) is 103 Å². The first-order valence-electron chi connectivity index (χ1n) is 22.3. The maximum absolute atomic E-state index is 15.0. The molecule has 3 saturated heterocycles. The van der Waals surface area contributed by atoms with Gasteiger partial charge in [0.2, 0.25) is 23.7 Å². The summed E-state index contributed by atoms with van der Waals surface area (Å²) < 4.78 is 18.4. The molecular formula is C47H55FN10O4. The average Bonchev–Trinajstić information content (AvgIpc) is 3.61. The summed E-state index contributed by atoms with van der Waals surface area (Å²) in [7, 11) is 1.93. The first kappa shape index (κ1) is 41.5. The van der Waals surface area contributed by atoms with Crippen molar-refractivity contribution in [2.45, 2.75) is 88.1 Å². The fourth-order valence-electron chi connectivity index (χ4n) is 10.0. The number of benzene rings is 2. The van der Waals surface area contributed by atoms with Crippen LogP contribution in [0.1, 0.15) is 87.3 Å². The third kappa shape index (κ3) is 9.33. The van der Waals surface area contributed by atoms with Crippen molar-refractivity contribution in [1.82, 2.24) is 44.7 Å². The number of amides is 3. The van der Waals surface area contributed by atoms with Crippen molar-refractivity contribution in [3.8, 4) is 16.9 Å². The number of piperidine rings is 3. The van der Waals surface area contributed by atoms with Crippen LogP contribution in [0, 0.1) is 11.7 Å². The van der Waals surface area contributed by atoms with Gasteiger partial charge in [0.25, 0.3) is 5.56 Å². The second-order valence-electron chi connectivity index (χ2n) is 17.7. The molecule has 324 valence electrons. The number of nitrogens with one attached hydrogen (secondary N) is 3. The first-order valence-corrected chi connectivity index (χ1v) is 22.3. The van der Waals surface area contributed by atoms with Crippen LogP contribution >= 0.6 is 0 Å². The highest BCUT2D eigenvalue weighted by Crippen LogP contribution is 2.35. The molecular weight excluding hydrogens is 788 g/mol. The minimum atomic E-state index is -0.539. The van der Waals surface area contributed by atoms with E-state index in [0.717, 1.165) is 101 Å². The third-order valence-corrected chi connectivity index (χ3v) is 13.5. The first-order chi connectivity index (χ1) is 30.1. The third-order valence-electron chi connectivity index (χ3n) is 13.5. The van der Waals surface area contributed by atoms with Crippen LogP contribution in [0.3, 0.4) is 0 Å². The lowest BCUT2D eigenvalue weighted by Gasteiger charge is -2.38. The average molecular weight is 843 g/mol. The molecule has 3 aliphatic heterocycles. The molecule has 3 aromatic heterocycles. The van der Waals surface area contributed by atoms with Gasteiger partial charge in [-0.25, -0.2) is 14.4 Å². The molecule has 1 unspecified atom stereocenters. The van der Waals surface area contributed by atoms with Gasteiger partial charge in [0, 0.05) is 61.0 Å². The van der Waals surface area contributed by atoms with Gasteiger partial charge in [-0.05, 0) is 126 Å². The number of pyridine rings is 1. The molecule has 6 heterocycles. The lowest BCUT2D eigenvalue weighted by molar-refractivity contribution is -0.134. The zero-order valence-corrected chi connectivity index (χ0v) is 35.3. The minimum absolute atomic E-state index is 0.0879. The molecule has 4 fully saturated rings. The summed E-state index contributed by atoms with van der Waals surface area (Å²) >= 11 is 0. The molecule has 0 bridgehead atoms. The number of fused-ring (bicyclic) bond motifs is 1. The van der Waals surface area contributed by atoms with Crippen LogP contribution in [0.15, 0.2) is 77.9 Å². The van der Waals surface area contributed by atoms with E-state index in [1.165, 1.54) is 22.4 Å². The number of rotatable bonds is 11. The predicted molar refractivity (Wildman–Crippen MR) is 234 cm³/mol. The quantitative estimate of drug-likeness (QED) is 0.150. The van der Waals surface area contributed by atoms with E-state index in [9.17, 15) is 23.6 Å². The maximum Gasteiger partial charge on any atom is 0.255 e. The molecule has 0 radical (unpaired) electrons. The highest BCUT2D eigenvalue weighted by molar-refractivity contribution is 6.02. The summed E-state index contributed by atoms with van der Waals surface area (Å²) in [5.74, 6) is 0.161. The highest BCUT2D eigenvalue weighted by Gasteiger charge is 2.33. The van der Waals surface area contributed by atoms with Crippen molar-refractivity contribution in [2.75, 3.05) is 44.6 Å². The number of hydrogen-bond acceptors (Lipinski definition) is 10. The number of carbonyl (C=O) groups excluding carboxylic acids is 3. The Kier molecular flexibility index (Phi) is 12.2. The van der Waals surface area contributed by atoms with Gasteiger partial charge in [-0.2, -0.15) is 5.10 Å². The Balaban J connectivity index is 0.686. The maximum atomic E-state index is 15.0. The van der Waals surface area contributed by atoms with Crippen molar-refractivity contribution >= 4 is 34.6 Å². The van der Waals surface area contributed by atoms with Crippen molar-refractivity contribution in [1.29, 1.82) is 0 Å². The van der Waals surface area contributed by atoms with Crippen LogP contribution in [-0.2, 0) is 21.4 Å². The predicted octanol–water partition coefficient (Wildman–Crippen LogP) is 5.27. The number of aromatic nitrogens is 5. The van der Waals surface area contributed by atoms with E-state index in [0.29, 0.717) is 48.4 Å². The van der Waals surface area contributed by atoms with Crippen molar-refractivity contribution in [3.05, 3.63) is 100 Å². The molecule has 15 heteroatoms. The summed E-state index contributed by atoms with van der Waals surface area (Å²) in [6.07, 6.45) is 11.5. The Labute approximate surface area is 360 Å². The molecule has 3 amide bonds.